The first-order valence-electron chi connectivity index (χ1n) is 6.97. The fourth-order valence-electron chi connectivity index (χ4n) is 2.61. The lowest BCUT2D eigenvalue weighted by Gasteiger charge is -2.17. The summed E-state index contributed by atoms with van der Waals surface area (Å²) in [4.78, 5) is 11.7. The molecule has 0 radical (unpaired) electrons. The van der Waals surface area contributed by atoms with Crippen LogP contribution in [0.3, 0.4) is 0 Å². The minimum Gasteiger partial charge on any atom is -0.491 e. The third kappa shape index (κ3) is 2.39. The summed E-state index contributed by atoms with van der Waals surface area (Å²) in [6.07, 6.45) is 1.67. The number of ether oxygens (including phenoxy) is 2. The average Bonchev–Trinajstić information content (AvgIpc) is 2.89. The third-order valence-corrected chi connectivity index (χ3v) is 3.50. The summed E-state index contributed by atoms with van der Waals surface area (Å²) in [5.41, 5.74) is 3.22. The zero-order valence-corrected chi connectivity index (χ0v) is 12.3. The smallest absolute Gasteiger partial charge is 0.360 e. The molecule has 0 saturated carbocycles. The molecule has 1 aromatic heterocycles. The van der Waals surface area contributed by atoms with Gasteiger partial charge < -0.3 is 14.0 Å². The lowest BCUT2D eigenvalue weighted by atomic mass is 9.89. The monoisotopic (exact) mass is 287 g/mol. The number of hydrogen-bond acceptors (Lipinski definition) is 5. The fraction of sp³-hybridized carbons (Fsp3) is 0.375. The molecule has 1 heterocycles. The molecule has 0 unspecified atom stereocenters. The summed E-state index contributed by atoms with van der Waals surface area (Å²) in [6.45, 7) is 3.99. The Morgan fingerprint density at radius 2 is 2.14 bits per heavy atom. The molecule has 0 amide bonds. The number of esters is 1. The third-order valence-electron chi connectivity index (χ3n) is 3.50. The number of carbonyl (C=O) groups excluding carboxylic acids is 1. The van der Waals surface area contributed by atoms with E-state index in [1.165, 1.54) is 7.11 Å². The molecule has 2 aromatic rings. The highest BCUT2D eigenvalue weighted by molar-refractivity contribution is 5.91. The van der Waals surface area contributed by atoms with Gasteiger partial charge in [0, 0.05) is 11.1 Å². The van der Waals surface area contributed by atoms with Crippen molar-refractivity contribution in [2.75, 3.05) is 7.11 Å². The predicted octanol–water partition coefficient (Wildman–Crippen LogP) is 3.01. The van der Waals surface area contributed by atoms with Gasteiger partial charge in [-0.2, -0.15) is 0 Å². The quantitative estimate of drug-likeness (QED) is 0.812. The zero-order valence-electron chi connectivity index (χ0n) is 12.3. The number of fused-ring (bicyclic) bond motifs is 3. The largest absolute Gasteiger partial charge is 0.491 e. The first-order chi connectivity index (χ1) is 10.1. The Labute approximate surface area is 122 Å². The Morgan fingerprint density at radius 1 is 1.33 bits per heavy atom. The summed E-state index contributed by atoms with van der Waals surface area (Å²) in [7, 11) is 1.34. The molecular formula is C16H17NO4. The van der Waals surface area contributed by atoms with Crippen LogP contribution >= 0.6 is 0 Å². The first-order valence-corrected chi connectivity index (χ1v) is 6.97. The van der Waals surface area contributed by atoms with Crippen molar-refractivity contribution in [2.24, 2.45) is 0 Å². The number of aryl methyl sites for hydroxylation is 1. The van der Waals surface area contributed by atoms with Crippen LogP contribution in [0.15, 0.2) is 22.7 Å². The SMILES string of the molecule is COC(=O)c1noc2c1CCc1cc(OC(C)C)ccc1-2. The highest BCUT2D eigenvalue weighted by Gasteiger charge is 2.28. The van der Waals surface area contributed by atoms with E-state index < -0.39 is 5.97 Å². The van der Waals surface area contributed by atoms with Crippen molar-refractivity contribution in [3.8, 4) is 17.1 Å². The molecule has 3 rings (SSSR count). The number of rotatable bonds is 3. The van der Waals surface area contributed by atoms with Crippen LogP contribution in [-0.4, -0.2) is 24.3 Å². The lowest BCUT2D eigenvalue weighted by Crippen LogP contribution is -2.10. The molecule has 0 saturated heterocycles. The van der Waals surface area contributed by atoms with E-state index in [1.807, 2.05) is 32.0 Å². The number of benzene rings is 1. The van der Waals surface area contributed by atoms with E-state index in [4.69, 9.17) is 14.0 Å². The van der Waals surface area contributed by atoms with Gasteiger partial charge >= 0.3 is 5.97 Å². The van der Waals surface area contributed by atoms with Gasteiger partial charge in [0.25, 0.3) is 0 Å². The van der Waals surface area contributed by atoms with Crippen LogP contribution < -0.4 is 4.74 Å². The lowest BCUT2D eigenvalue weighted by molar-refractivity contribution is 0.0588. The maximum absolute atomic E-state index is 11.7. The Hall–Kier alpha value is -2.30. The summed E-state index contributed by atoms with van der Waals surface area (Å²) >= 11 is 0. The number of aromatic nitrogens is 1. The van der Waals surface area contributed by atoms with E-state index in [9.17, 15) is 4.79 Å². The van der Waals surface area contributed by atoms with Gasteiger partial charge in [-0.3, -0.25) is 0 Å². The second-order valence-corrected chi connectivity index (χ2v) is 5.32. The summed E-state index contributed by atoms with van der Waals surface area (Å²) in [6, 6.07) is 5.89. The van der Waals surface area contributed by atoms with E-state index in [0.29, 0.717) is 12.2 Å². The molecule has 21 heavy (non-hydrogen) atoms. The molecule has 1 aromatic carbocycles. The van der Waals surface area contributed by atoms with E-state index in [1.54, 1.807) is 0 Å². The first kappa shape index (κ1) is 13.7. The normalized spacial score (nSPS) is 12.8. The van der Waals surface area contributed by atoms with Gasteiger partial charge in [0.05, 0.1) is 13.2 Å². The van der Waals surface area contributed by atoms with Crippen LogP contribution in [0, 0.1) is 0 Å². The van der Waals surface area contributed by atoms with Crippen molar-refractivity contribution in [3.63, 3.8) is 0 Å². The number of carbonyl (C=O) groups is 1. The van der Waals surface area contributed by atoms with Gasteiger partial charge in [-0.05, 0) is 50.5 Å². The maximum atomic E-state index is 11.7. The number of nitrogens with zero attached hydrogens (tertiary/aromatic N) is 1. The molecule has 5 nitrogen and oxygen atoms in total. The molecule has 110 valence electrons. The second-order valence-electron chi connectivity index (χ2n) is 5.32. The number of methoxy groups -OCH3 is 1. The van der Waals surface area contributed by atoms with E-state index in [2.05, 4.69) is 5.16 Å². The molecule has 1 aliphatic carbocycles. The van der Waals surface area contributed by atoms with E-state index in [-0.39, 0.29) is 11.8 Å². The molecule has 0 fully saturated rings. The van der Waals surface area contributed by atoms with E-state index >= 15 is 0 Å². The Morgan fingerprint density at radius 3 is 2.86 bits per heavy atom. The average molecular weight is 287 g/mol. The van der Waals surface area contributed by atoms with Crippen molar-refractivity contribution < 1.29 is 18.8 Å². The molecular weight excluding hydrogens is 270 g/mol. The Kier molecular flexibility index (Phi) is 3.41. The summed E-state index contributed by atoms with van der Waals surface area (Å²) in [5, 5.41) is 3.86. The maximum Gasteiger partial charge on any atom is 0.360 e. The molecule has 0 N–H and O–H groups in total. The van der Waals surface area contributed by atoms with Crippen molar-refractivity contribution >= 4 is 5.97 Å². The van der Waals surface area contributed by atoms with Gasteiger partial charge in [-0.1, -0.05) is 5.16 Å². The van der Waals surface area contributed by atoms with Crippen LogP contribution in [0.4, 0.5) is 0 Å². The zero-order chi connectivity index (χ0) is 15.0. The van der Waals surface area contributed by atoms with Crippen LogP contribution in [0.2, 0.25) is 0 Å². The molecule has 0 spiro atoms. The highest BCUT2D eigenvalue weighted by Crippen LogP contribution is 2.37. The van der Waals surface area contributed by atoms with Gasteiger partial charge in [0.1, 0.15) is 5.75 Å². The highest BCUT2D eigenvalue weighted by atomic mass is 16.5. The topological polar surface area (TPSA) is 61.6 Å². The molecule has 1 aliphatic rings. The standard InChI is InChI=1S/C16H17NO4/c1-9(2)20-11-5-7-12-10(8-11)4-6-13-14(16(18)19-3)17-21-15(12)13/h5,7-9H,4,6H2,1-3H3. The second kappa shape index (κ2) is 5.24. The summed E-state index contributed by atoms with van der Waals surface area (Å²) in [5.74, 6) is 1.05. The van der Waals surface area contributed by atoms with E-state index in [0.717, 1.165) is 28.9 Å². The van der Waals surface area contributed by atoms with Crippen LogP contribution in [0.25, 0.3) is 11.3 Å². The van der Waals surface area contributed by atoms with Gasteiger partial charge in [0.15, 0.2) is 11.5 Å². The van der Waals surface area contributed by atoms with Crippen molar-refractivity contribution in [1.29, 1.82) is 0 Å². The van der Waals surface area contributed by atoms with Gasteiger partial charge in [-0.25, -0.2) is 4.79 Å². The van der Waals surface area contributed by atoms with Crippen LogP contribution in [-0.2, 0) is 17.6 Å². The fourth-order valence-corrected chi connectivity index (χ4v) is 2.61. The molecule has 5 heteroatoms. The van der Waals surface area contributed by atoms with Crippen molar-refractivity contribution in [3.05, 3.63) is 35.0 Å². The minimum absolute atomic E-state index is 0.137. The van der Waals surface area contributed by atoms with Crippen LogP contribution in [0.1, 0.15) is 35.5 Å². The minimum atomic E-state index is -0.455. The Bertz CT molecular complexity index is 688. The van der Waals surface area contributed by atoms with Crippen molar-refractivity contribution in [1.82, 2.24) is 5.16 Å². The summed E-state index contributed by atoms with van der Waals surface area (Å²) < 4.78 is 15.8. The molecule has 0 aliphatic heterocycles. The predicted molar refractivity (Wildman–Crippen MR) is 76.5 cm³/mol. The Balaban J connectivity index is 2.00. The van der Waals surface area contributed by atoms with Crippen molar-refractivity contribution in [2.45, 2.75) is 32.8 Å². The van der Waals surface area contributed by atoms with Gasteiger partial charge in [0.2, 0.25) is 0 Å². The van der Waals surface area contributed by atoms with Crippen LogP contribution in [0.5, 0.6) is 5.75 Å². The van der Waals surface area contributed by atoms with Gasteiger partial charge in [-0.15, -0.1) is 0 Å². The molecule has 0 atom stereocenters. The number of hydrogen-bond donors (Lipinski definition) is 0. The molecule has 0 bridgehead atoms.